The molecule has 7 heteroatoms. The normalized spacial score (nSPS) is 10.4. The van der Waals surface area contributed by atoms with E-state index in [0.717, 1.165) is 0 Å². The Kier molecular flexibility index (Phi) is 5.84. The second-order valence-electron chi connectivity index (χ2n) is 5.55. The highest BCUT2D eigenvalue weighted by Crippen LogP contribution is 2.33. The fraction of sp³-hybridized carbons (Fsp3) is 0.100. The third-order valence-electron chi connectivity index (χ3n) is 3.89. The molecule has 0 aliphatic carbocycles. The van der Waals surface area contributed by atoms with Gasteiger partial charge in [-0.1, -0.05) is 29.3 Å². The standard InChI is InChI=1S/C20H16Cl2N2O3/c1-26-17-8-6-13(11-16(17)22)24-20(25)12-5-7-14(15(21)10-12)19-18(27-2)4-3-9-23-19/h3-11H,1-2H3,(H,24,25). The van der Waals surface area contributed by atoms with Crippen molar-refractivity contribution in [3.63, 3.8) is 0 Å². The second-order valence-corrected chi connectivity index (χ2v) is 6.37. The highest BCUT2D eigenvalue weighted by molar-refractivity contribution is 6.34. The molecule has 0 saturated heterocycles. The van der Waals surface area contributed by atoms with Crippen LogP contribution in [-0.4, -0.2) is 25.1 Å². The molecule has 0 bridgehead atoms. The highest BCUT2D eigenvalue weighted by Gasteiger charge is 2.14. The van der Waals surface area contributed by atoms with Gasteiger partial charge in [-0.25, -0.2) is 0 Å². The Morgan fingerprint density at radius 1 is 0.963 bits per heavy atom. The van der Waals surface area contributed by atoms with E-state index in [4.69, 9.17) is 32.7 Å². The molecule has 0 fully saturated rings. The molecule has 0 radical (unpaired) electrons. The molecule has 3 aromatic rings. The van der Waals surface area contributed by atoms with Crippen molar-refractivity contribution < 1.29 is 14.3 Å². The van der Waals surface area contributed by atoms with Crippen molar-refractivity contribution >= 4 is 34.8 Å². The third-order valence-corrected chi connectivity index (χ3v) is 4.49. The van der Waals surface area contributed by atoms with Crippen LogP contribution < -0.4 is 14.8 Å². The van der Waals surface area contributed by atoms with Gasteiger partial charge in [0.1, 0.15) is 17.2 Å². The molecule has 1 heterocycles. The van der Waals surface area contributed by atoms with Crippen LogP contribution in [0.1, 0.15) is 10.4 Å². The number of methoxy groups -OCH3 is 2. The number of benzene rings is 2. The summed E-state index contributed by atoms with van der Waals surface area (Å²) in [5, 5.41) is 3.59. The number of carbonyl (C=O) groups excluding carboxylic acids is 1. The molecule has 0 aliphatic rings. The van der Waals surface area contributed by atoms with Gasteiger partial charge in [0, 0.05) is 23.0 Å². The Balaban J connectivity index is 1.85. The molecular formula is C20H16Cl2N2O3. The molecule has 0 aliphatic heterocycles. The number of rotatable bonds is 5. The molecule has 1 amide bonds. The molecular weight excluding hydrogens is 387 g/mol. The SMILES string of the molecule is COc1ccc(NC(=O)c2ccc(-c3ncccc3OC)c(Cl)c2)cc1Cl. The van der Waals surface area contributed by atoms with Crippen LogP contribution in [-0.2, 0) is 0 Å². The first-order chi connectivity index (χ1) is 13.0. The van der Waals surface area contributed by atoms with Gasteiger partial charge in [-0.05, 0) is 42.5 Å². The molecule has 3 rings (SSSR count). The van der Waals surface area contributed by atoms with Gasteiger partial charge in [0.05, 0.1) is 24.3 Å². The molecule has 138 valence electrons. The number of anilines is 1. The van der Waals surface area contributed by atoms with E-state index in [9.17, 15) is 4.79 Å². The highest BCUT2D eigenvalue weighted by atomic mass is 35.5. The van der Waals surface area contributed by atoms with E-state index in [1.54, 1.807) is 61.8 Å². The van der Waals surface area contributed by atoms with Crippen molar-refractivity contribution in [2.24, 2.45) is 0 Å². The van der Waals surface area contributed by atoms with Crippen molar-refractivity contribution in [3.05, 3.63) is 70.3 Å². The summed E-state index contributed by atoms with van der Waals surface area (Å²) in [5.41, 5.74) is 2.25. The maximum Gasteiger partial charge on any atom is 0.255 e. The Morgan fingerprint density at radius 3 is 2.41 bits per heavy atom. The van der Waals surface area contributed by atoms with E-state index in [2.05, 4.69) is 10.3 Å². The minimum atomic E-state index is -0.308. The summed E-state index contributed by atoms with van der Waals surface area (Å²) in [6, 6.07) is 13.6. The predicted octanol–water partition coefficient (Wildman–Crippen LogP) is 5.32. The zero-order valence-electron chi connectivity index (χ0n) is 14.6. The van der Waals surface area contributed by atoms with E-state index in [-0.39, 0.29) is 5.91 Å². The summed E-state index contributed by atoms with van der Waals surface area (Å²) in [7, 11) is 3.09. The lowest BCUT2D eigenvalue weighted by molar-refractivity contribution is 0.102. The number of nitrogens with zero attached hydrogens (tertiary/aromatic N) is 1. The van der Waals surface area contributed by atoms with E-state index in [1.165, 1.54) is 7.11 Å². The molecule has 27 heavy (non-hydrogen) atoms. The fourth-order valence-corrected chi connectivity index (χ4v) is 3.08. The maximum atomic E-state index is 12.5. The van der Waals surface area contributed by atoms with Gasteiger partial charge in [-0.2, -0.15) is 0 Å². The Hall–Kier alpha value is -2.76. The lowest BCUT2D eigenvalue weighted by Gasteiger charge is -2.11. The average molecular weight is 403 g/mol. The van der Waals surface area contributed by atoms with Crippen molar-refractivity contribution in [1.29, 1.82) is 0 Å². The Morgan fingerprint density at radius 2 is 1.74 bits per heavy atom. The van der Waals surface area contributed by atoms with Crippen LogP contribution >= 0.6 is 23.2 Å². The summed E-state index contributed by atoms with van der Waals surface area (Å²) in [5.74, 6) is 0.827. The first-order valence-corrected chi connectivity index (χ1v) is 8.73. The zero-order chi connectivity index (χ0) is 19.4. The van der Waals surface area contributed by atoms with E-state index >= 15 is 0 Å². The molecule has 0 saturated carbocycles. The number of hydrogen-bond donors (Lipinski definition) is 1. The van der Waals surface area contributed by atoms with Crippen molar-refractivity contribution in [2.45, 2.75) is 0 Å². The monoisotopic (exact) mass is 402 g/mol. The van der Waals surface area contributed by atoms with Crippen LogP contribution in [0.25, 0.3) is 11.3 Å². The van der Waals surface area contributed by atoms with Gasteiger partial charge >= 0.3 is 0 Å². The average Bonchev–Trinajstić information content (AvgIpc) is 2.68. The molecule has 5 nitrogen and oxygen atoms in total. The van der Waals surface area contributed by atoms with E-state index in [0.29, 0.717) is 44.1 Å². The second kappa shape index (κ2) is 8.29. The summed E-state index contributed by atoms with van der Waals surface area (Å²) in [4.78, 5) is 16.8. The van der Waals surface area contributed by atoms with Crippen molar-refractivity contribution in [2.75, 3.05) is 19.5 Å². The van der Waals surface area contributed by atoms with Crippen LogP contribution in [0.15, 0.2) is 54.7 Å². The third kappa shape index (κ3) is 4.15. The number of amides is 1. The summed E-state index contributed by atoms with van der Waals surface area (Å²) < 4.78 is 10.4. The number of nitrogens with one attached hydrogen (secondary N) is 1. The number of aromatic nitrogens is 1. The van der Waals surface area contributed by atoms with Crippen LogP contribution in [0.3, 0.4) is 0 Å². The lowest BCUT2D eigenvalue weighted by Crippen LogP contribution is -2.12. The number of carbonyl (C=O) groups is 1. The molecule has 0 atom stereocenters. The van der Waals surface area contributed by atoms with E-state index < -0.39 is 0 Å². The summed E-state index contributed by atoms with van der Waals surface area (Å²) in [6.07, 6.45) is 1.65. The largest absolute Gasteiger partial charge is 0.495 e. The van der Waals surface area contributed by atoms with E-state index in [1.807, 2.05) is 0 Å². The summed E-state index contributed by atoms with van der Waals surface area (Å²) >= 11 is 12.5. The van der Waals surface area contributed by atoms with Crippen molar-refractivity contribution in [3.8, 4) is 22.8 Å². The topological polar surface area (TPSA) is 60.5 Å². The Bertz CT molecular complexity index is 993. The molecule has 1 aromatic heterocycles. The number of ether oxygens (including phenoxy) is 2. The van der Waals surface area contributed by atoms with Crippen LogP contribution in [0.5, 0.6) is 11.5 Å². The first kappa shape index (κ1) is 19.0. The summed E-state index contributed by atoms with van der Waals surface area (Å²) in [6.45, 7) is 0. The van der Waals surface area contributed by atoms with Crippen LogP contribution in [0.2, 0.25) is 10.0 Å². The van der Waals surface area contributed by atoms with Crippen LogP contribution in [0.4, 0.5) is 5.69 Å². The Labute approximate surface area is 166 Å². The number of hydrogen-bond acceptors (Lipinski definition) is 4. The maximum absolute atomic E-state index is 12.5. The fourth-order valence-electron chi connectivity index (χ4n) is 2.55. The molecule has 2 aromatic carbocycles. The van der Waals surface area contributed by atoms with Gasteiger partial charge in [0.15, 0.2) is 0 Å². The molecule has 1 N–H and O–H groups in total. The first-order valence-electron chi connectivity index (χ1n) is 7.97. The predicted molar refractivity (Wildman–Crippen MR) is 107 cm³/mol. The smallest absolute Gasteiger partial charge is 0.255 e. The minimum absolute atomic E-state index is 0.308. The lowest BCUT2D eigenvalue weighted by atomic mass is 10.1. The van der Waals surface area contributed by atoms with Gasteiger partial charge in [0.25, 0.3) is 5.91 Å². The minimum Gasteiger partial charge on any atom is -0.495 e. The van der Waals surface area contributed by atoms with Crippen LogP contribution in [0, 0.1) is 0 Å². The number of pyridine rings is 1. The van der Waals surface area contributed by atoms with Gasteiger partial charge in [0.2, 0.25) is 0 Å². The van der Waals surface area contributed by atoms with Crippen molar-refractivity contribution in [1.82, 2.24) is 4.98 Å². The molecule has 0 spiro atoms. The van der Waals surface area contributed by atoms with Gasteiger partial charge < -0.3 is 14.8 Å². The van der Waals surface area contributed by atoms with Gasteiger partial charge in [-0.15, -0.1) is 0 Å². The zero-order valence-corrected chi connectivity index (χ0v) is 16.1. The molecule has 0 unspecified atom stereocenters. The number of halogens is 2. The quantitative estimate of drug-likeness (QED) is 0.626. The van der Waals surface area contributed by atoms with Gasteiger partial charge in [-0.3, -0.25) is 9.78 Å².